The molecule has 1 rings (SSSR count). The molecule has 0 aliphatic heterocycles. The van der Waals surface area contributed by atoms with Crippen LogP contribution < -0.4 is 0 Å². The van der Waals surface area contributed by atoms with Crippen molar-refractivity contribution in [3.8, 4) is 0 Å². The first kappa shape index (κ1) is 7.95. The van der Waals surface area contributed by atoms with Gasteiger partial charge < -0.3 is 4.79 Å². The lowest BCUT2D eigenvalue weighted by Crippen LogP contribution is -1.80. The van der Waals surface area contributed by atoms with Crippen LogP contribution in [0.3, 0.4) is 0 Å². The molecule has 1 nitrogen and oxygen atoms in total. The number of carbonyl (C=O) groups is 1. The lowest BCUT2D eigenvalue weighted by molar-refractivity contribution is -0.107. The van der Waals surface area contributed by atoms with Crippen LogP contribution in [0.2, 0.25) is 0 Å². The molecule has 0 atom stereocenters. The molecule has 0 saturated carbocycles. The van der Waals surface area contributed by atoms with Crippen molar-refractivity contribution in [2.45, 2.75) is 12.8 Å². The van der Waals surface area contributed by atoms with Crippen molar-refractivity contribution in [1.29, 1.82) is 0 Å². The highest BCUT2D eigenvalue weighted by Crippen LogP contribution is 2.23. The minimum absolute atomic E-state index is 0.624. The monoisotopic (exact) mass is 218 g/mol. The quantitative estimate of drug-likeness (QED) is 0.714. The van der Waals surface area contributed by atoms with Crippen LogP contribution in [0.1, 0.15) is 11.3 Å². The second kappa shape index (κ2) is 3.88. The minimum atomic E-state index is 0.624. The van der Waals surface area contributed by atoms with Gasteiger partial charge in [-0.2, -0.15) is 0 Å². The Morgan fingerprint density at radius 3 is 3.00 bits per heavy atom. The summed E-state index contributed by atoms with van der Waals surface area (Å²) in [6.45, 7) is 0. The van der Waals surface area contributed by atoms with Crippen molar-refractivity contribution < 1.29 is 4.79 Å². The zero-order chi connectivity index (χ0) is 7.40. The summed E-state index contributed by atoms with van der Waals surface area (Å²) in [4.78, 5) is 11.3. The number of rotatable bonds is 3. The number of hydrogen-bond acceptors (Lipinski definition) is 2. The van der Waals surface area contributed by atoms with E-state index in [4.69, 9.17) is 0 Å². The number of carbonyl (C=O) groups excluding carboxylic acids is 1. The molecule has 1 aromatic heterocycles. The molecular weight excluding hydrogens is 212 g/mol. The summed E-state index contributed by atoms with van der Waals surface area (Å²) in [6, 6.07) is 2.00. The van der Waals surface area contributed by atoms with Gasteiger partial charge in [-0.05, 0) is 33.8 Å². The summed E-state index contributed by atoms with van der Waals surface area (Å²) in [6.07, 6.45) is 2.44. The fraction of sp³-hybridized carbons (Fsp3) is 0.286. The molecule has 0 spiro atoms. The summed E-state index contributed by atoms with van der Waals surface area (Å²) in [7, 11) is 0. The number of hydrogen-bond donors (Lipinski definition) is 0. The molecule has 0 N–H and O–H groups in total. The number of halogens is 1. The Balaban J connectivity index is 2.56. The molecule has 10 heavy (non-hydrogen) atoms. The maximum atomic E-state index is 10.0. The topological polar surface area (TPSA) is 17.1 Å². The van der Waals surface area contributed by atoms with Gasteiger partial charge in [-0.1, -0.05) is 0 Å². The van der Waals surface area contributed by atoms with E-state index in [0.717, 1.165) is 17.2 Å². The van der Waals surface area contributed by atoms with Crippen molar-refractivity contribution in [1.82, 2.24) is 0 Å². The fourth-order valence-corrected chi connectivity index (χ4v) is 2.26. The first-order valence-corrected chi connectivity index (χ1v) is 4.67. The summed E-state index contributed by atoms with van der Waals surface area (Å²) in [5.74, 6) is 0. The van der Waals surface area contributed by atoms with Gasteiger partial charge in [0.2, 0.25) is 0 Å². The highest BCUT2D eigenvalue weighted by molar-refractivity contribution is 9.10. The Labute approximate surface area is 72.2 Å². The molecule has 0 radical (unpaired) electrons. The molecule has 3 heteroatoms. The molecule has 0 aliphatic rings. The summed E-state index contributed by atoms with van der Waals surface area (Å²) in [5, 5.41) is 2.02. The van der Waals surface area contributed by atoms with Crippen LogP contribution in [0, 0.1) is 0 Å². The number of aryl methyl sites for hydroxylation is 1. The Morgan fingerprint density at radius 2 is 2.50 bits per heavy atom. The molecule has 0 fully saturated rings. The largest absolute Gasteiger partial charge is 0.303 e. The molecule has 0 unspecified atom stereocenters. The third kappa shape index (κ3) is 1.92. The van der Waals surface area contributed by atoms with Crippen molar-refractivity contribution in [3.63, 3.8) is 0 Å². The van der Waals surface area contributed by atoms with Crippen molar-refractivity contribution in [2.75, 3.05) is 0 Å². The highest BCUT2D eigenvalue weighted by Gasteiger charge is 1.98. The smallest absolute Gasteiger partial charge is 0.120 e. The number of aldehydes is 1. The molecule has 0 bridgehead atoms. The van der Waals surface area contributed by atoms with Crippen LogP contribution in [0.15, 0.2) is 15.9 Å². The maximum absolute atomic E-state index is 10.0. The molecule has 0 saturated heterocycles. The van der Waals surface area contributed by atoms with Gasteiger partial charge in [0.05, 0.1) is 0 Å². The predicted molar refractivity (Wildman–Crippen MR) is 46.4 cm³/mol. The highest BCUT2D eigenvalue weighted by atomic mass is 79.9. The normalized spacial score (nSPS) is 9.70. The van der Waals surface area contributed by atoms with Crippen LogP contribution in [-0.2, 0) is 11.2 Å². The van der Waals surface area contributed by atoms with E-state index >= 15 is 0 Å². The molecule has 54 valence electrons. The summed E-state index contributed by atoms with van der Waals surface area (Å²) < 4.78 is 1.12. The molecule has 0 aliphatic carbocycles. The van der Waals surface area contributed by atoms with Gasteiger partial charge in [0, 0.05) is 15.8 Å². The minimum Gasteiger partial charge on any atom is -0.303 e. The summed E-state index contributed by atoms with van der Waals surface area (Å²) in [5.41, 5.74) is 0. The van der Waals surface area contributed by atoms with Crippen LogP contribution >= 0.6 is 27.3 Å². The maximum Gasteiger partial charge on any atom is 0.120 e. The first-order chi connectivity index (χ1) is 4.84. The van der Waals surface area contributed by atoms with Gasteiger partial charge in [0.1, 0.15) is 6.29 Å². The van der Waals surface area contributed by atoms with Gasteiger partial charge in [-0.3, -0.25) is 0 Å². The van der Waals surface area contributed by atoms with Crippen LogP contribution in [0.25, 0.3) is 0 Å². The molecular formula is C7H7BrOS. The Morgan fingerprint density at radius 1 is 1.70 bits per heavy atom. The van der Waals surface area contributed by atoms with Gasteiger partial charge >= 0.3 is 0 Å². The first-order valence-electron chi connectivity index (χ1n) is 3.00. The van der Waals surface area contributed by atoms with Crippen molar-refractivity contribution in [2.24, 2.45) is 0 Å². The van der Waals surface area contributed by atoms with E-state index in [1.165, 1.54) is 4.88 Å². The zero-order valence-corrected chi connectivity index (χ0v) is 7.74. The van der Waals surface area contributed by atoms with Crippen molar-refractivity contribution >= 4 is 33.6 Å². The van der Waals surface area contributed by atoms with E-state index < -0.39 is 0 Å². The average Bonchev–Trinajstić information content (AvgIpc) is 2.31. The third-order valence-electron chi connectivity index (χ3n) is 1.18. The zero-order valence-electron chi connectivity index (χ0n) is 5.34. The lowest BCUT2D eigenvalue weighted by atomic mass is 10.3. The van der Waals surface area contributed by atoms with Gasteiger partial charge in [-0.25, -0.2) is 0 Å². The fourth-order valence-electron chi connectivity index (χ4n) is 0.693. The summed E-state index contributed by atoms with van der Waals surface area (Å²) >= 11 is 5.07. The Bertz CT molecular complexity index is 219. The molecule has 0 aromatic carbocycles. The van der Waals surface area contributed by atoms with Gasteiger partial charge in [0.15, 0.2) is 0 Å². The standard InChI is InChI=1S/C7H7BrOS/c8-6-3-5-10-7(6)2-1-4-9/h3-5H,1-2H2. The number of thiophene rings is 1. The van der Waals surface area contributed by atoms with E-state index in [2.05, 4.69) is 15.9 Å². The van der Waals surface area contributed by atoms with E-state index in [9.17, 15) is 4.79 Å². The van der Waals surface area contributed by atoms with E-state index in [1.54, 1.807) is 11.3 Å². The third-order valence-corrected chi connectivity index (χ3v) is 3.17. The lowest BCUT2D eigenvalue weighted by Gasteiger charge is -1.90. The van der Waals surface area contributed by atoms with Crippen LogP contribution in [0.5, 0.6) is 0 Å². The van der Waals surface area contributed by atoms with E-state index in [1.807, 2.05) is 11.4 Å². The van der Waals surface area contributed by atoms with Crippen LogP contribution in [0.4, 0.5) is 0 Å². The molecule has 1 heterocycles. The second-order valence-corrected chi connectivity index (χ2v) is 3.75. The molecule has 1 aromatic rings. The van der Waals surface area contributed by atoms with Crippen LogP contribution in [-0.4, -0.2) is 6.29 Å². The molecule has 0 amide bonds. The SMILES string of the molecule is O=CCCc1sccc1Br. The van der Waals surface area contributed by atoms with Gasteiger partial charge in [0.25, 0.3) is 0 Å². The second-order valence-electron chi connectivity index (χ2n) is 1.90. The van der Waals surface area contributed by atoms with E-state index in [0.29, 0.717) is 6.42 Å². The predicted octanol–water partition coefficient (Wildman–Crippen LogP) is 2.64. The Hall–Kier alpha value is -0.150. The van der Waals surface area contributed by atoms with E-state index in [-0.39, 0.29) is 0 Å². The van der Waals surface area contributed by atoms with Crippen molar-refractivity contribution in [3.05, 3.63) is 20.8 Å². The van der Waals surface area contributed by atoms with Gasteiger partial charge in [-0.15, -0.1) is 11.3 Å². The Kier molecular flexibility index (Phi) is 3.09. The average molecular weight is 219 g/mol.